The average Bonchev–Trinajstić information content (AvgIpc) is 2.42. The summed E-state index contributed by atoms with van der Waals surface area (Å²) in [5, 5.41) is 18.9. The minimum Gasteiger partial charge on any atom is -0.496 e. The highest BCUT2D eigenvalue weighted by molar-refractivity contribution is 5.63. The Balaban J connectivity index is 3.57. The zero-order valence-electron chi connectivity index (χ0n) is 12.9. The van der Waals surface area contributed by atoms with Crippen molar-refractivity contribution < 1.29 is 19.7 Å². The molecule has 110 valence electrons. The number of benzene rings is 1. The van der Waals surface area contributed by atoms with Crippen LogP contribution in [-0.4, -0.2) is 36.6 Å². The summed E-state index contributed by atoms with van der Waals surface area (Å²) in [5.41, 5.74) is 2.03. The molecule has 1 aromatic rings. The molecular formula is C16H22O4. The van der Waals surface area contributed by atoms with E-state index in [0.717, 1.165) is 22.4 Å². The van der Waals surface area contributed by atoms with E-state index in [1.54, 1.807) is 14.2 Å². The molecule has 0 fully saturated rings. The third-order valence-corrected chi connectivity index (χ3v) is 3.36. The summed E-state index contributed by atoms with van der Waals surface area (Å²) < 4.78 is 10.9. The number of hydrogen-bond acceptors (Lipinski definition) is 4. The average molecular weight is 278 g/mol. The molecule has 0 saturated heterocycles. The third-order valence-electron chi connectivity index (χ3n) is 3.36. The van der Waals surface area contributed by atoms with Crippen molar-refractivity contribution in [2.24, 2.45) is 0 Å². The molecule has 1 atom stereocenters. The fourth-order valence-corrected chi connectivity index (χ4v) is 2.04. The van der Waals surface area contributed by atoms with E-state index in [2.05, 4.69) is 11.8 Å². The minimum absolute atomic E-state index is 0.427. The van der Waals surface area contributed by atoms with Crippen LogP contribution in [0.2, 0.25) is 0 Å². The number of aliphatic hydroxyl groups is 2. The summed E-state index contributed by atoms with van der Waals surface area (Å²) in [6.07, 6.45) is 0. The van der Waals surface area contributed by atoms with Gasteiger partial charge in [0.2, 0.25) is 0 Å². The summed E-state index contributed by atoms with van der Waals surface area (Å²) in [6.45, 7) is 6.82. The van der Waals surface area contributed by atoms with Gasteiger partial charge >= 0.3 is 0 Å². The summed E-state index contributed by atoms with van der Waals surface area (Å²) in [4.78, 5) is 0. The molecule has 0 bridgehead atoms. The van der Waals surface area contributed by atoms with Crippen molar-refractivity contribution in [1.82, 2.24) is 0 Å². The second-order valence-electron chi connectivity index (χ2n) is 5.00. The lowest BCUT2D eigenvalue weighted by Crippen LogP contribution is -2.26. The normalized spacial score (nSPS) is 13.2. The maximum Gasteiger partial charge on any atom is 0.145 e. The molecule has 20 heavy (non-hydrogen) atoms. The van der Waals surface area contributed by atoms with Gasteiger partial charge in [-0.05, 0) is 38.8 Å². The second-order valence-corrected chi connectivity index (χ2v) is 5.00. The molecule has 1 aromatic carbocycles. The van der Waals surface area contributed by atoms with Gasteiger partial charge in [0.1, 0.15) is 17.1 Å². The van der Waals surface area contributed by atoms with Gasteiger partial charge in [-0.25, -0.2) is 0 Å². The van der Waals surface area contributed by atoms with Crippen molar-refractivity contribution in [3.8, 4) is 23.3 Å². The number of methoxy groups -OCH3 is 2. The van der Waals surface area contributed by atoms with Crippen molar-refractivity contribution in [2.75, 3.05) is 20.8 Å². The van der Waals surface area contributed by atoms with Crippen LogP contribution < -0.4 is 9.47 Å². The maximum atomic E-state index is 9.79. The molecule has 0 heterocycles. The lowest BCUT2D eigenvalue weighted by Gasteiger charge is -2.18. The van der Waals surface area contributed by atoms with Gasteiger partial charge in [-0.15, -0.1) is 0 Å². The van der Waals surface area contributed by atoms with Gasteiger partial charge in [-0.3, -0.25) is 0 Å². The van der Waals surface area contributed by atoms with Crippen LogP contribution >= 0.6 is 0 Å². The van der Waals surface area contributed by atoms with Crippen LogP contribution in [0.25, 0.3) is 0 Å². The standard InChI is InChI=1S/C16H22O4/c1-10-11(2)15(20-6)13(12(3)14(10)19-5)7-8-16(4,18)9-17/h17-18H,9H2,1-6H3. The molecule has 2 N–H and O–H groups in total. The monoisotopic (exact) mass is 278 g/mol. The van der Waals surface area contributed by atoms with Gasteiger partial charge in [0.25, 0.3) is 0 Å². The second kappa shape index (κ2) is 6.17. The van der Waals surface area contributed by atoms with Crippen LogP contribution in [0.3, 0.4) is 0 Å². The minimum atomic E-state index is -1.44. The lowest BCUT2D eigenvalue weighted by atomic mass is 9.96. The maximum absolute atomic E-state index is 9.79. The van der Waals surface area contributed by atoms with E-state index in [9.17, 15) is 5.11 Å². The first kappa shape index (κ1) is 16.4. The quantitative estimate of drug-likeness (QED) is 0.827. The molecule has 0 aliphatic carbocycles. The van der Waals surface area contributed by atoms with Gasteiger partial charge in [-0.2, -0.15) is 0 Å². The van der Waals surface area contributed by atoms with Crippen LogP contribution in [-0.2, 0) is 0 Å². The highest BCUT2D eigenvalue weighted by Crippen LogP contribution is 2.37. The van der Waals surface area contributed by atoms with Crippen LogP contribution in [0, 0.1) is 32.6 Å². The van der Waals surface area contributed by atoms with E-state index in [1.165, 1.54) is 6.92 Å². The molecule has 1 unspecified atom stereocenters. The fraction of sp³-hybridized carbons (Fsp3) is 0.500. The van der Waals surface area contributed by atoms with E-state index < -0.39 is 12.2 Å². The van der Waals surface area contributed by atoms with Gasteiger partial charge in [0.05, 0.1) is 26.4 Å². The first-order chi connectivity index (χ1) is 9.29. The van der Waals surface area contributed by atoms with Gasteiger partial charge in [-0.1, -0.05) is 11.8 Å². The van der Waals surface area contributed by atoms with Crippen LogP contribution in [0.4, 0.5) is 0 Å². The molecule has 4 nitrogen and oxygen atoms in total. The topological polar surface area (TPSA) is 58.9 Å². The molecule has 0 aliphatic heterocycles. The predicted molar refractivity (Wildman–Crippen MR) is 78.3 cm³/mol. The molecule has 0 spiro atoms. The van der Waals surface area contributed by atoms with Crippen LogP contribution in [0.1, 0.15) is 29.2 Å². The smallest absolute Gasteiger partial charge is 0.145 e. The summed E-state index contributed by atoms with van der Waals surface area (Å²) in [5.74, 6) is 6.99. The Labute approximate surface area is 120 Å². The number of ether oxygens (including phenoxy) is 2. The first-order valence-electron chi connectivity index (χ1n) is 6.37. The Morgan fingerprint density at radius 3 is 1.95 bits per heavy atom. The van der Waals surface area contributed by atoms with Crippen molar-refractivity contribution in [3.63, 3.8) is 0 Å². The molecule has 0 saturated carbocycles. The Morgan fingerprint density at radius 2 is 1.50 bits per heavy atom. The molecule has 0 aromatic heterocycles. The van der Waals surface area contributed by atoms with Crippen LogP contribution in [0.15, 0.2) is 0 Å². The summed E-state index contributed by atoms with van der Waals surface area (Å²) >= 11 is 0. The Morgan fingerprint density at radius 1 is 1.00 bits per heavy atom. The first-order valence-corrected chi connectivity index (χ1v) is 6.37. The number of aliphatic hydroxyl groups excluding tert-OH is 1. The van der Waals surface area contributed by atoms with Crippen molar-refractivity contribution in [3.05, 3.63) is 22.3 Å². The highest BCUT2D eigenvalue weighted by atomic mass is 16.5. The Hall–Kier alpha value is -1.70. The molecule has 1 rings (SSSR count). The van der Waals surface area contributed by atoms with E-state index in [-0.39, 0.29) is 0 Å². The SMILES string of the molecule is COc1c(C)c(C)c(OC)c(C#CC(C)(O)CO)c1C. The van der Waals surface area contributed by atoms with Crippen LogP contribution in [0.5, 0.6) is 11.5 Å². The third kappa shape index (κ3) is 3.06. The van der Waals surface area contributed by atoms with Gasteiger partial charge < -0.3 is 19.7 Å². The van der Waals surface area contributed by atoms with Crippen molar-refractivity contribution in [2.45, 2.75) is 33.3 Å². The lowest BCUT2D eigenvalue weighted by molar-refractivity contribution is 0.0519. The Kier molecular flexibility index (Phi) is 5.04. The van der Waals surface area contributed by atoms with E-state index in [4.69, 9.17) is 14.6 Å². The van der Waals surface area contributed by atoms with E-state index in [1.807, 2.05) is 20.8 Å². The molecular weight excluding hydrogens is 256 g/mol. The highest BCUT2D eigenvalue weighted by Gasteiger charge is 2.19. The van der Waals surface area contributed by atoms with Crippen molar-refractivity contribution >= 4 is 0 Å². The van der Waals surface area contributed by atoms with Gasteiger partial charge in [0.15, 0.2) is 0 Å². The van der Waals surface area contributed by atoms with Gasteiger partial charge in [0, 0.05) is 5.56 Å². The summed E-state index contributed by atoms with van der Waals surface area (Å²) in [7, 11) is 3.20. The molecule has 0 amide bonds. The Bertz CT molecular complexity index is 562. The number of hydrogen-bond donors (Lipinski definition) is 2. The zero-order valence-corrected chi connectivity index (χ0v) is 12.9. The van der Waals surface area contributed by atoms with Crippen molar-refractivity contribution in [1.29, 1.82) is 0 Å². The largest absolute Gasteiger partial charge is 0.496 e. The van der Waals surface area contributed by atoms with E-state index in [0.29, 0.717) is 11.3 Å². The summed E-state index contributed by atoms with van der Waals surface area (Å²) in [6, 6.07) is 0. The zero-order chi connectivity index (χ0) is 15.5. The van der Waals surface area contributed by atoms with E-state index >= 15 is 0 Å². The predicted octanol–water partition coefficient (Wildman–Crippen LogP) is 1.72. The molecule has 0 radical (unpaired) electrons. The fourth-order valence-electron chi connectivity index (χ4n) is 2.04. The number of rotatable bonds is 3. The molecule has 4 heteroatoms. The molecule has 0 aliphatic rings.